The number of hydrogen-bond donors (Lipinski definition) is 0. The van der Waals surface area contributed by atoms with E-state index in [1.54, 1.807) is 19.1 Å². The molecule has 0 saturated carbocycles. The van der Waals surface area contributed by atoms with Gasteiger partial charge in [0.1, 0.15) is 0 Å². The van der Waals surface area contributed by atoms with Crippen LogP contribution in [0.5, 0.6) is 0 Å². The minimum Gasteiger partial charge on any atom is -0.463 e. The molecule has 0 fully saturated rings. The molecule has 3 rings (SSSR count). The number of carbonyl (C=O) groups is 2. The Hall–Kier alpha value is -1.78. The summed E-state index contributed by atoms with van der Waals surface area (Å²) >= 11 is 12.8. The van der Waals surface area contributed by atoms with Gasteiger partial charge in [0.05, 0.1) is 22.2 Å². The highest BCUT2D eigenvalue weighted by Crippen LogP contribution is 2.51. The number of Topliss-reactive ketones (excluding diaryl/α,β-unsaturated/α-hetero) is 1. The molecule has 1 atom stereocenters. The zero-order valence-corrected chi connectivity index (χ0v) is 18.4. The van der Waals surface area contributed by atoms with Crippen LogP contribution in [-0.2, 0) is 14.3 Å². The van der Waals surface area contributed by atoms with Crippen LogP contribution in [-0.4, -0.2) is 30.3 Å². The first-order valence-corrected chi connectivity index (χ1v) is 10.2. The largest absolute Gasteiger partial charge is 0.463 e. The molecule has 0 saturated heterocycles. The Morgan fingerprint density at radius 3 is 2.61 bits per heavy atom. The summed E-state index contributed by atoms with van der Waals surface area (Å²) in [4.78, 5) is 28.1. The summed E-state index contributed by atoms with van der Waals surface area (Å²) in [6, 6.07) is 5.32. The van der Waals surface area contributed by atoms with Crippen molar-refractivity contribution in [3.8, 4) is 0 Å². The van der Waals surface area contributed by atoms with E-state index in [0.29, 0.717) is 33.2 Å². The number of allylic oxidation sites excluding steroid dienone is 3. The zero-order chi connectivity index (χ0) is 20.8. The number of benzene rings is 1. The third kappa shape index (κ3) is 3.48. The van der Waals surface area contributed by atoms with Gasteiger partial charge in [-0.1, -0.05) is 49.2 Å². The molecule has 150 valence electrons. The molecule has 6 heteroatoms. The number of halogens is 2. The Morgan fingerprint density at radius 1 is 1.29 bits per heavy atom. The number of ether oxygens (including phenoxy) is 1. The molecule has 1 aromatic rings. The van der Waals surface area contributed by atoms with E-state index in [-0.39, 0.29) is 17.8 Å². The normalized spacial score (nSPS) is 21.8. The van der Waals surface area contributed by atoms with E-state index in [1.807, 2.05) is 24.9 Å². The summed E-state index contributed by atoms with van der Waals surface area (Å²) in [5, 5.41) is 0.752. The van der Waals surface area contributed by atoms with E-state index >= 15 is 0 Å². The fraction of sp³-hybridized carbons (Fsp3) is 0.455. The van der Waals surface area contributed by atoms with Crippen molar-refractivity contribution in [2.75, 3.05) is 13.7 Å². The van der Waals surface area contributed by atoms with Gasteiger partial charge in [0.25, 0.3) is 0 Å². The highest BCUT2D eigenvalue weighted by Gasteiger charge is 2.45. The molecule has 1 aliphatic carbocycles. The van der Waals surface area contributed by atoms with Crippen LogP contribution < -0.4 is 0 Å². The van der Waals surface area contributed by atoms with Crippen molar-refractivity contribution in [1.82, 2.24) is 4.90 Å². The van der Waals surface area contributed by atoms with Gasteiger partial charge in [-0.05, 0) is 37.3 Å². The molecule has 0 aromatic heterocycles. The van der Waals surface area contributed by atoms with E-state index in [9.17, 15) is 9.59 Å². The van der Waals surface area contributed by atoms with Crippen molar-refractivity contribution in [2.24, 2.45) is 5.41 Å². The molecular formula is C22H25Cl2NO3. The van der Waals surface area contributed by atoms with Gasteiger partial charge in [0.15, 0.2) is 5.78 Å². The van der Waals surface area contributed by atoms with Gasteiger partial charge in [0.2, 0.25) is 0 Å². The molecule has 4 nitrogen and oxygen atoms in total. The first-order valence-electron chi connectivity index (χ1n) is 9.40. The predicted octanol–water partition coefficient (Wildman–Crippen LogP) is 5.50. The van der Waals surface area contributed by atoms with Crippen molar-refractivity contribution >= 4 is 35.0 Å². The van der Waals surface area contributed by atoms with Crippen LogP contribution in [0.25, 0.3) is 0 Å². The number of rotatable bonds is 3. The molecule has 0 spiro atoms. The number of carbonyl (C=O) groups excluding carboxylic acids is 2. The first kappa shape index (κ1) is 20.9. The minimum atomic E-state index is -0.583. The highest BCUT2D eigenvalue weighted by atomic mass is 35.5. The molecule has 1 heterocycles. The Morgan fingerprint density at radius 2 is 1.96 bits per heavy atom. The highest BCUT2D eigenvalue weighted by molar-refractivity contribution is 6.42. The maximum atomic E-state index is 13.3. The van der Waals surface area contributed by atoms with Crippen LogP contribution in [0.4, 0.5) is 0 Å². The van der Waals surface area contributed by atoms with E-state index in [2.05, 4.69) is 13.8 Å². The molecule has 0 radical (unpaired) electrons. The molecule has 2 aliphatic rings. The van der Waals surface area contributed by atoms with Gasteiger partial charge in [-0.25, -0.2) is 4.79 Å². The van der Waals surface area contributed by atoms with Gasteiger partial charge in [-0.2, -0.15) is 0 Å². The zero-order valence-electron chi connectivity index (χ0n) is 16.9. The van der Waals surface area contributed by atoms with Crippen LogP contribution in [0.1, 0.15) is 52.0 Å². The summed E-state index contributed by atoms with van der Waals surface area (Å²) in [7, 11) is 1.90. The topological polar surface area (TPSA) is 46.6 Å². The van der Waals surface area contributed by atoms with Crippen molar-refractivity contribution in [1.29, 1.82) is 0 Å². The number of esters is 1. The fourth-order valence-corrected chi connectivity index (χ4v) is 4.61. The summed E-state index contributed by atoms with van der Waals surface area (Å²) in [6.07, 6.45) is 1.16. The maximum Gasteiger partial charge on any atom is 0.336 e. The minimum absolute atomic E-state index is 0.0356. The fourth-order valence-electron chi connectivity index (χ4n) is 4.19. The van der Waals surface area contributed by atoms with Gasteiger partial charge in [0, 0.05) is 36.4 Å². The molecule has 0 bridgehead atoms. The second-order valence-electron chi connectivity index (χ2n) is 8.16. The average Bonchev–Trinajstić information content (AvgIpc) is 2.60. The van der Waals surface area contributed by atoms with Gasteiger partial charge in [-0.3, -0.25) is 4.79 Å². The Kier molecular flexibility index (Phi) is 5.66. The third-order valence-corrected chi connectivity index (χ3v) is 6.39. The predicted molar refractivity (Wildman–Crippen MR) is 111 cm³/mol. The van der Waals surface area contributed by atoms with Crippen LogP contribution in [0.2, 0.25) is 10.0 Å². The standard InChI is InChI=1S/C22H25Cl2NO3/c1-6-28-21(27)17-12(2)25(5)15-10-22(3,4)11-16(26)19(15)18(17)13-8-7-9-14(23)20(13)24/h7-9,18H,6,10-11H2,1-5H3. The van der Waals surface area contributed by atoms with Crippen molar-refractivity contribution in [2.45, 2.75) is 46.5 Å². The quantitative estimate of drug-likeness (QED) is 0.604. The molecule has 1 unspecified atom stereocenters. The lowest BCUT2D eigenvalue weighted by Crippen LogP contribution is -2.39. The monoisotopic (exact) mass is 421 g/mol. The second-order valence-corrected chi connectivity index (χ2v) is 8.94. The summed E-state index contributed by atoms with van der Waals surface area (Å²) < 4.78 is 5.34. The number of nitrogens with zero attached hydrogens (tertiary/aromatic N) is 1. The Labute approximate surface area is 176 Å². The second kappa shape index (κ2) is 7.57. The van der Waals surface area contributed by atoms with E-state index in [1.165, 1.54) is 0 Å². The van der Waals surface area contributed by atoms with Crippen LogP contribution >= 0.6 is 23.2 Å². The third-order valence-electron chi connectivity index (χ3n) is 5.56. The summed E-state index contributed by atoms with van der Waals surface area (Å²) in [5.41, 5.74) is 3.29. The van der Waals surface area contributed by atoms with Crippen molar-refractivity contribution in [3.63, 3.8) is 0 Å². The Balaban J connectivity index is 2.30. The SMILES string of the molecule is CCOC(=O)C1=C(C)N(C)C2=C(C(=O)CC(C)(C)C2)C1c1cccc(Cl)c1Cl. The van der Waals surface area contributed by atoms with E-state index in [0.717, 1.165) is 17.8 Å². The molecule has 0 N–H and O–H groups in total. The maximum absolute atomic E-state index is 13.3. The molecule has 1 aliphatic heterocycles. The molecule has 28 heavy (non-hydrogen) atoms. The van der Waals surface area contributed by atoms with Crippen LogP contribution in [0.15, 0.2) is 40.7 Å². The number of hydrogen-bond acceptors (Lipinski definition) is 4. The summed E-state index contributed by atoms with van der Waals surface area (Å²) in [6.45, 7) is 8.07. The van der Waals surface area contributed by atoms with Gasteiger partial charge in [-0.15, -0.1) is 0 Å². The van der Waals surface area contributed by atoms with Crippen LogP contribution in [0, 0.1) is 5.41 Å². The van der Waals surface area contributed by atoms with Crippen LogP contribution in [0.3, 0.4) is 0 Å². The molecule has 1 aromatic carbocycles. The summed E-state index contributed by atoms with van der Waals surface area (Å²) in [5.74, 6) is -0.981. The number of ketones is 1. The smallest absolute Gasteiger partial charge is 0.336 e. The van der Waals surface area contributed by atoms with E-state index in [4.69, 9.17) is 27.9 Å². The van der Waals surface area contributed by atoms with Crippen molar-refractivity contribution < 1.29 is 14.3 Å². The molecule has 0 amide bonds. The average molecular weight is 422 g/mol. The lowest BCUT2D eigenvalue weighted by molar-refractivity contribution is -0.139. The Bertz CT molecular complexity index is 914. The molecular weight excluding hydrogens is 397 g/mol. The lowest BCUT2D eigenvalue weighted by atomic mass is 9.68. The van der Waals surface area contributed by atoms with Crippen molar-refractivity contribution in [3.05, 3.63) is 56.3 Å². The van der Waals surface area contributed by atoms with E-state index < -0.39 is 11.9 Å². The van der Waals surface area contributed by atoms with Gasteiger partial charge >= 0.3 is 5.97 Å². The first-order chi connectivity index (χ1) is 13.1. The lowest BCUT2D eigenvalue weighted by Gasteiger charge is -2.43. The van der Waals surface area contributed by atoms with Gasteiger partial charge < -0.3 is 9.64 Å².